The summed E-state index contributed by atoms with van der Waals surface area (Å²) in [6, 6.07) is 5.52. The molecule has 1 fully saturated rings. The molecule has 0 bridgehead atoms. The van der Waals surface area contributed by atoms with Gasteiger partial charge in [0.1, 0.15) is 0 Å². The molecule has 1 saturated heterocycles. The maximum atomic E-state index is 12.5. The Morgan fingerprint density at radius 2 is 1.90 bits per heavy atom. The molecule has 0 radical (unpaired) electrons. The van der Waals surface area contributed by atoms with Crippen LogP contribution < -0.4 is 0 Å². The second-order valence-corrected chi connectivity index (χ2v) is 5.56. The lowest BCUT2D eigenvalue weighted by Crippen LogP contribution is -2.28. The van der Waals surface area contributed by atoms with Crippen molar-refractivity contribution >= 4 is 11.7 Å². The van der Waals surface area contributed by atoms with Crippen LogP contribution in [0, 0.1) is 6.92 Å². The smallest absolute Gasteiger partial charge is 0.254 e. The molecule has 1 aromatic rings. The van der Waals surface area contributed by atoms with Crippen LogP contribution in [0.5, 0.6) is 0 Å². The number of benzene rings is 1. The van der Waals surface area contributed by atoms with Gasteiger partial charge in [-0.15, -0.1) is 0 Å². The molecule has 3 nitrogen and oxygen atoms in total. The number of Topliss-reactive ketones (excluding diaryl/α,β-unsaturated/α-hetero) is 1. The van der Waals surface area contributed by atoms with Gasteiger partial charge in [-0.25, -0.2) is 0 Å². The number of aryl methyl sites for hydroxylation is 1. The van der Waals surface area contributed by atoms with Crippen LogP contribution in [0.2, 0.25) is 0 Å². The standard InChI is InChI=1S/C17H23NO2/c1-3-4-7-16(19)14-9-8-13(2)15(12-14)17(20)18-10-5-6-11-18/h8-9,12H,3-7,10-11H2,1-2H3. The van der Waals surface area contributed by atoms with Gasteiger partial charge in [-0.1, -0.05) is 25.5 Å². The number of amides is 1. The lowest BCUT2D eigenvalue weighted by atomic mass is 9.99. The van der Waals surface area contributed by atoms with Gasteiger partial charge in [0.25, 0.3) is 5.91 Å². The molecule has 0 aliphatic carbocycles. The van der Waals surface area contributed by atoms with E-state index < -0.39 is 0 Å². The quantitative estimate of drug-likeness (QED) is 0.769. The number of hydrogen-bond donors (Lipinski definition) is 0. The van der Waals surface area contributed by atoms with Crippen LogP contribution in [0.3, 0.4) is 0 Å². The zero-order valence-electron chi connectivity index (χ0n) is 12.4. The third-order valence-electron chi connectivity index (χ3n) is 3.94. The van der Waals surface area contributed by atoms with Gasteiger partial charge in [-0.2, -0.15) is 0 Å². The van der Waals surface area contributed by atoms with E-state index in [1.165, 1.54) is 0 Å². The van der Waals surface area contributed by atoms with Crippen molar-refractivity contribution < 1.29 is 9.59 Å². The van der Waals surface area contributed by atoms with E-state index in [4.69, 9.17) is 0 Å². The van der Waals surface area contributed by atoms with Gasteiger partial charge >= 0.3 is 0 Å². The molecule has 20 heavy (non-hydrogen) atoms. The minimum Gasteiger partial charge on any atom is -0.339 e. The number of nitrogens with zero attached hydrogens (tertiary/aromatic N) is 1. The van der Waals surface area contributed by atoms with Crippen molar-refractivity contribution in [2.24, 2.45) is 0 Å². The second kappa shape index (κ2) is 6.69. The Bertz CT molecular complexity index is 502. The highest BCUT2D eigenvalue weighted by Crippen LogP contribution is 2.18. The van der Waals surface area contributed by atoms with Crippen molar-refractivity contribution in [2.75, 3.05) is 13.1 Å². The van der Waals surface area contributed by atoms with Crippen LogP contribution in [0.1, 0.15) is 65.3 Å². The zero-order valence-corrected chi connectivity index (χ0v) is 12.4. The maximum absolute atomic E-state index is 12.5. The van der Waals surface area contributed by atoms with Crippen molar-refractivity contribution in [1.82, 2.24) is 4.90 Å². The third-order valence-corrected chi connectivity index (χ3v) is 3.94. The summed E-state index contributed by atoms with van der Waals surface area (Å²) in [5.41, 5.74) is 2.31. The monoisotopic (exact) mass is 273 g/mol. The number of carbonyl (C=O) groups is 2. The number of hydrogen-bond acceptors (Lipinski definition) is 2. The summed E-state index contributed by atoms with van der Waals surface area (Å²) in [6.07, 6.45) is 4.65. The van der Waals surface area contributed by atoms with E-state index in [1.54, 1.807) is 6.07 Å². The molecule has 0 aromatic heterocycles. The number of carbonyl (C=O) groups excluding carboxylic acids is 2. The van der Waals surface area contributed by atoms with Crippen LogP contribution in [0.15, 0.2) is 18.2 Å². The predicted molar refractivity (Wildman–Crippen MR) is 80.2 cm³/mol. The number of rotatable bonds is 5. The molecule has 0 atom stereocenters. The lowest BCUT2D eigenvalue weighted by Gasteiger charge is -2.17. The first kappa shape index (κ1) is 14.8. The first-order valence-corrected chi connectivity index (χ1v) is 7.56. The van der Waals surface area contributed by atoms with E-state index in [0.29, 0.717) is 17.5 Å². The van der Waals surface area contributed by atoms with E-state index in [0.717, 1.165) is 44.3 Å². The van der Waals surface area contributed by atoms with E-state index in [9.17, 15) is 9.59 Å². The van der Waals surface area contributed by atoms with Gasteiger partial charge in [0.05, 0.1) is 0 Å². The van der Waals surface area contributed by atoms with Crippen molar-refractivity contribution in [2.45, 2.75) is 46.0 Å². The maximum Gasteiger partial charge on any atom is 0.254 e. The fraction of sp³-hybridized carbons (Fsp3) is 0.529. The second-order valence-electron chi connectivity index (χ2n) is 5.56. The lowest BCUT2D eigenvalue weighted by molar-refractivity contribution is 0.0792. The molecule has 1 aromatic carbocycles. The normalized spacial score (nSPS) is 14.6. The average molecular weight is 273 g/mol. The highest BCUT2D eigenvalue weighted by atomic mass is 16.2. The number of likely N-dealkylation sites (tertiary alicyclic amines) is 1. The summed E-state index contributed by atoms with van der Waals surface area (Å²) in [5, 5.41) is 0. The molecule has 1 amide bonds. The van der Waals surface area contributed by atoms with Crippen molar-refractivity contribution in [3.05, 3.63) is 34.9 Å². The van der Waals surface area contributed by atoms with E-state index in [2.05, 4.69) is 6.92 Å². The molecule has 1 heterocycles. The zero-order chi connectivity index (χ0) is 14.5. The topological polar surface area (TPSA) is 37.4 Å². The molecule has 0 N–H and O–H groups in total. The van der Waals surface area contributed by atoms with Crippen molar-refractivity contribution in [3.8, 4) is 0 Å². The highest BCUT2D eigenvalue weighted by molar-refractivity contribution is 6.01. The summed E-state index contributed by atoms with van der Waals surface area (Å²) in [7, 11) is 0. The van der Waals surface area contributed by atoms with Gasteiger partial charge < -0.3 is 4.90 Å². The van der Waals surface area contributed by atoms with Crippen LogP contribution in [-0.4, -0.2) is 29.7 Å². The summed E-state index contributed by atoms with van der Waals surface area (Å²) >= 11 is 0. The molecule has 108 valence electrons. The fourth-order valence-electron chi connectivity index (χ4n) is 2.60. The molecular weight excluding hydrogens is 250 g/mol. The molecule has 3 heteroatoms. The molecular formula is C17H23NO2. The largest absolute Gasteiger partial charge is 0.339 e. The Balaban J connectivity index is 2.19. The first-order valence-electron chi connectivity index (χ1n) is 7.56. The van der Waals surface area contributed by atoms with E-state index in [-0.39, 0.29) is 11.7 Å². The summed E-state index contributed by atoms with van der Waals surface area (Å²) < 4.78 is 0. The SMILES string of the molecule is CCCCC(=O)c1ccc(C)c(C(=O)N2CCCC2)c1. The molecule has 2 rings (SSSR count). The van der Waals surface area contributed by atoms with Gasteiger partial charge in [0, 0.05) is 30.6 Å². The Kier molecular flexibility index (Phi) is 4.94. The first-order chi connectivity index (χ1) is 9.63. The molecule has 0 spiro atoms. The van der Waals surface area contributed by atoms with E-state index >= 15 is 0 Å². The summed E-state index contributed by atoms with van der Waals surface area (Å²) in [5.74, 6) is 0.215. The Hall–Kier alpha value is -1.64. The minimum atomic E-state index is 0.0742. The molecule has 1 aliphatic heterocycles. The summed E-state index contributed by atoms with van der Waals surface area (Å²) in [4.78, 5) is 26.4. The van der Waals surface area contributed by atoms with Crippen molar-refractivity contribution in [1.29, 1.82) is 0 Å². The van der Waals surface area contributed by atoms with Gasteiger partial charge in [-0.3, -0.25) is 9.59 Å². The third kappa shape index (κ3) is 3.27. The number of ketones is 1. The number of unbranched alkanes of at least 4 members (excludes halogenated alkanes) is 1. The van der Waals surface area contributed by atoms with Crippen LogP contribution in [0.4, 0.5) is 0 Å². The van der Waals surface area contributed by atoms with Gasteiger partial charge in [0.15, 0.2) is 5.78 Å². The predicted octanol–water partition coefficient (Wildman–Crippen LogP) is 3.60. The van der Waals surface area contributed by atoms with Gasteiger partial charge in [-0.05, 0) is 37.8 Å². The minimum absolute atomic E-state index is 0.0742. The summed E-state index contributed by atoms with van der Waals surface area (Å²) in [6.45, 7) is 5.69. The molecule has 1 aliphatic rings. The highest BCUT2D eigenvalue weighted by Gasteiger charge is 2.21. The average Bonchev–Trinajstić information content (AvgIpc) is 2.98. The Labute approximate surface area is 121 Å². The Morgan fingerprint density at radius 3 is 2.55 bits per heavy atom. The molecule has 0 saturated carbocycles. The fourth-order valence-corrected chi connectivity index (χ4v) is 2.60. The van der Waals surface area contributed by atoms with Crippen LogP contribution in [0.25, 0.3) is 0 Å². The van der Waals surface area contributed by atoms with Crippen LogP contribution in [-0.2, 0) is 0 Å². The van der Waals surface area contributed by atoms with Crippen LogP contribution >= 0.6 is 0 Å². The van der Waals surface area contributed by atoms with Gasteiger partial charge in [0.2, 0.25) is 0 Å². The van der Waals surface area contributed by atoms with E-state index in [1.807, 2.05) is 24.0 Å². The van der Waals surface area contributed by atoms with Crippen molar-refractivity contribution in [3.63, 3.8) is 0 Å². The molecule has 0 unspecified atom stereocenters. The Morgan fingerprint density at radius 1 is 1.20 bits per heavy atom.